The number of rotatable bonds is 5. The molecule has 1 aliphatic heterocycles. The van der Waals surface area contributed by atoms with Gasteiger partial charge in [0, 0.05) is 35.8 Å². The molecule has 3 rings (SSSR count). The van der Waals surface area contributed by atoms with Crippen LogP contribution in [0.25, 0.3) is 11.3 Å². The lowest BCUT2D eigenvalue weighted by atomic mass is 9.95. The fourth-order valence-electron chi connectivity index (χ4n) is 3.34. The zero-order valence-electron chi connectivity index (χ0n) is 14.7. The summed E-state index contributed by atoms with van der Waals surface area (Å²) < 4.78 is 11.3. The number of hydrogen-bond acceptors (Lipinski definition) is 6. The van der Waals surface area contributed by atoms with Crippen LogP contribution in [-0.2, 0) is 32.0 Å². The predicted molar refractivity (Wildman–Crippen MR) is 92.5 cm³/mol. The summed E-state index contributed by atoms with van der Waals surface area (Å²) in [4.78, 5) is 41.2. The van der Waals surface area contributed by atoms with Crippen LogP contribution in [0.3, 0.4) is 0 Å². The van der Waals surface area contributed by atoms with Crippen molar-refractivity contribution in [3.8, 4) is 11.3 Å². The summed E-state index contributed by atoms with van der Waals surface area (Å²) in [6.45, 7) is 0.772. The van der Waals surface area contributed by atoms with Crippen LogP contribution >= 0.6 is 0 Å². The Morgan fingerprint density at radius 1 is 1.15 bits per heavy atom. The van der Waals surface area contributed by atoms with Gasteiger partial charge < -0.3 is 14.0 Å². The fourth-order valence-corrected chi connectivity index (χ4v) is 3.34. The first-order valence-electron chi connectivity index (χ1n) is 8.41. The Labute approximate surface area is 150 Å². The smallest absolute Gasteiger partial charge is 0.328 e. The maximum atomic E-state index is 13.0. The highest BCUT2D eigenvalue weighted by Crippen LogP contribution is 2.31. The van der Waals surface area contributed by atoms with E-state index in [0.29, 0.717) is 12.0 Å². The van der Waals surface area contributed by atoms with Crippen LogP contribution < -0.4 is 0 Å². The minimum absolute atomic E-state index is 0.365. The highest BCUT2D eigenvalue weighted by Gasteiger charge is 2.39. The van der Waals surface area contributed by atoms with Crippen molar-refractivity contribution < 1.29 is 23.9 Å². The van der Waals surface area contributed by atoms with E-state index < -0.39 is 23.6 Å². The van der Waals surface area contributed by atoms with Gasteiger partial charge in [-0.25, -0.2) is 0 Å². The lowest BCUT2D eigenvalue weighted by Gasteiger charge is -2.19. The first-order valence-corrected chi connectivity index (χ1v) is 8.41. The first-order chi connectivity index (χ1) is 12.6. The molecular formula is C19H20N2O5. The number of aromatic nitrogens is 2. The van der Waals surface area contributed by atoms with Crippen molar-refractivity contribution >= 4 is 17.7 Å². The average molecular weight is 356 g/mol. The normalized spacial score (nSPS) is 13.2. The van der Waals surface area contributed by atoms with Gasteiger partial charge in [0.2, 0.25) is 5.92 Å². The van der Waals surface area contributed by atoms with Gasteiger partial charge in [0.05, 0.1) is 19.9 Å². The molecule has 0 bridgehead atoms. The fraction of sp³-hybridized carbons (Fsp3) is 0.368. The van der Waals surface area contributed by atoms with E-state index in [4.69, 9.17) is 0 Å². The molecule has 0 fully saturated rings. The topological polar surface area (TPSA) is 87.5 Å². The number of carbonyl (C=O) groups excluding carboxylic acids is 3. The van der Waals surface area contributed by atoms with Gasteiger partial charge in [0.1, 0.15) is 0 Å². The molecule has 2 aromatic rings. The predicted octanol–water partition coefficient (Wildman–Crippen LogP) is 2.03. The Balaban J connectivity index is 2.10. The van der Waals surface area contributed by atoms with Crippen LogP contribution in [0.2, 0.25) is 0 Å². The Hall–Kier alpha value is -2.96. The van der Waals surface area contributed by atoms with Crippen molar-refractivity contribution in [2.24, 2.45) is 5.92 Å². The molecule has 136 valence electrons. The standard InChI is InChI=1S/C19H20N2O5/c1-25-18(23)16(19(24)26-2)17(22)13-10-15(12-6-5-8-20-11-12)21-9-4-3-7-14(13)21/h5-6,8,10-11,16H,3-4,7,9H2,1-2H3. The van der Waals surface area contributed by atoms with Gasteiger partial charge >= 0.3 is 11.9 Å². The lowest BCUT2D eigenvalue weighted by molar-refractivity contribution is -0.155. The maximum absolute atomic E-state index is 13.0. The molecule has 0 amide bonds. The largest absolute Gasteiger partial charge is 0.468 e. The second-order valence-corrected chi connectivity index (χ2v) is 6.08. The van der Waals surface area contributed by atoms with Gasteiger partial charge in [0.15, 0.2) is 5.78 Å². The second kappa shape index (κ2) is 7.51. The van der Waals surface area contributed by atoms with Crippen LogP contribution in [0.5, 0.6) is 0 Å². The quantitative estimate of drug-likeness (QED) is 0.463. The molecule has 0 N–H and O–H groups in total. The molecular weight excluding hydrogens is 336 g/mol. The number of ketones is 1. The molecule has 0 unspecified atom stereocenters. The summed E-state index contributed by atoms with van der Waals surface area (Å²) in [6.07, 6.45) is 6.05. The van der Waals surface area contributed by atoms with Crippen LogP contribution in [0.1, 0.15) is 28.9 Å². The van der Waals surface area contributed by atoms with E-state index in [9.17, 15) is 14.4 Å². The molecule has 0 saturated carbocycles. The number of Topliss-reactive ketones (excluding diaryl/α,β-unsaturated/α-hetero) is 1. The van der Waals surface area contributed by atoms with Crippen LogP contribution in [-0.4, -0.2) is 41.5 Å². The summed E-state index contributed by atoms with van der Waals surface area (Å²) in [5.41, 5.74) is 2.93. The van der Waals surface area contributed by atoms with E-state index in [1.807, 2.05) is 12.1 Å². The number of methoxy groups -OCH3 is 2. The van der Waals surface area contributed by atoms with E-state index in [2.05, 4.69) is 19.0 Å². The summed E-state index contributed by atoms with van der Waals surface area (Å²) in [5.74, 6) is -4.04. The minimum atomic E-state index is -1.61. The highest BCUT2D eigenvalue weighted by atomic mass is 16.5. The molecule has 0 aromatic carbocycles. The number of carbonyl (C=O) groups is 3. The van der Waals surface area contributed by atoms with Crippen LogP contribution in [0.15, 0.2) is 30.6 Å². The molecule has 0 radical (unpaired) electrons. The van der Waals surface area contributed by atoms with Crippen molar-refractivity contribution in [1.82, 2.24) is 9.55 Å². The van der Waals surface area contributed by atoms with Crippen molar-refractivity contribution in [1.29, 1.82) is 0 Å². The molecule has 0 aliphatic carbocycles. The SMILES string of the molecule is COC(=O)C(C(=O)OC)C(=O)c1cc(-c2cccnc2)n2c1CCCC2. The zero-order valence-corrected chi connectivity index (χ0v) is 14.7. The molecule has 3 heterocycles. The van der Waals surface area contributed by atoms with Gasteiger partial charge in [-0.15, -0.1) is 0 Å². The molecule has 7 nitrogen and oxygen atoms in total. The number of hydrogen-bond donors (Lipinski definition) is 0. The number of ether oxygens (including phenoxy) is 2. The monoisotopic (exact) mass is 356 g/mol. The minimum Gasteiger partial charge on any atom is -0.468 e. The number of fused-ring (bicyclic) bond motifs is 1. The molecule has 2 aromatic heterocycles. The Kier molecular flexibility index (Phi) is 5.16. The van der Waals surface area contributed by atoms with Gasteiger partial charge in [0.25, 0.3) is 0 Å². The third-order valence-corrected chi connectivity index (χ3v) is 4.61. The molecule has 7 heteroatoms. The third kappa shape index (κ3) is 3.12. The second-order valence-electron chi connectivity index (χ2n) is 6.08. The van der Waals surface area contributed by atoms with E-state index in [1.54, 1.807) is 18.5 Å². The lowest BCUT2D eigenvalue weighted by Crippen LogP contribution is -2.34. The first kappa shape index (κ1) is 17.8. The number of esters is 2. The summed E-state index contributed by atoms with van der Waals surface area (Å²) in [5, 5.41) is 0. The van der Waals surface area contributed by atoms with Gasteiger partial charge in [-0.3, -0.25) is 19.4 Å². The number of pyridine rings is 1. The van der Waals surface area contributed by atoms with Crippen molar-refractivity contribution in [3.05, 3.63) is 41.9 Å². The van der Waals surface area contributed by atoms with E-state index in [1.165, 1.54) is 0 Å². The molecule has 0 spiro atoms. The maximum Gasteiger partial charge on any atom is 0.328 e. The Bertz CT molecular complexity index is 825. The Morgan fingerprint density at radius 2 is 1.88 bits per heavy atom. The highest BCUT2D eigenvalue weighted by molar-refractivity contribution is 6.21. The third-order valence-electron chi connectivity index (χ3n) is 4.61. The van der Waals surface area contributed by atoms with Gasteiger partial charge in [-0.2, -0.15) is 0 Å². The Morgan fingerprint density at radius 3 is 2.50 bits per heavy atom. The van der Waals surface area contributed by atoms with E-state index in [0.717, 1.165) is 50.6 Å². The summed E-state index contributed by atoms with van der Waals surface area (Å²) >= 11 is 0. The molecule has 0 saturated heterocycles. The van der Waals surface area contributed by atoms with Crippen LogP contribution in [0.4, 0.5) is 0 Å². The van der Waals surface area contributed by atoms with Crippen molar-refractivity contribution in [2.45, 2.75) is 25.8 Å². The van der Waals surface area contributed by atoms with Gasteiger partial charge in [-0.1, -0.05) is 0 Å². The molecule has 1 aliphatic rings. The van der Waals surface area contributed by atoms with Gasteiger partial charge in [-0.05, 0) is 37.5 Å². The van der Waals surface area contributed by atoms with E-state index in [-0.39, 0.29) is 0 Å². The summed E-state index contributed by atoms with van der Waals surface area (Å²) in [7, 11) is 2.28. The van der Waals surface area contributed by atoms with E-state index >= 15 is 0 Å². The van der Waals surface area contributed by atoms with Crippen molar-refractivity contribution in [3.63, 3.8) is 0 Å². The number of nitrogens with zero attached hydrogens (tertiary/aromatic N) is 2. The zero-order chi connectivity index (χ0) is 18.7. The average Bonchev–Trinajstić information content (AvgIpc) is 3.08. The summed E-state index contributed by atoms with van der Waals surface area (Å²) in [6, 6.07) is 5.47. The molecule has 0 atom stereocenters. The van der Waals surface area contributed by atoms with Crippen molar-refractivity contribution in [2.75, 3.05) is 14.2 Å². The molecule has 26 heavy (non-hydrogen) atoms. The van der Waals surface area contributed by atoms with Crippen LogP contribution in [0, 0.1) is 5.92 Å².